The van der Waals surface area contributed by atoms with Gasteiger partial charge in [0.25, 0.3) is 0 Å². The van der Waals surface area contributed by atoms with Gasteiger partial charge in [-0.2, -0.15) is 0 Å². The second kappa shape index (κ2) is 6.31. The molecule has 2 nitrogen and oxygen atoms in total. The highest BCUT2D eigenvalue weighted by Gasteiger charge is 2.17. The molecule has 1 atom stereocenters. The molecule has 1 aliphatic rings. The van der Waals surface area contributed by atoms with Crippen LogP contribution in [-0.2, 0) is 6.42 Å². The normalized spacial score (nSPS) is 17.9. The molecule has 0 spiro atoms. The first-order chi connectivity index (χ1) is 10.3. The summed E-state index contributed by atoms with van der Waals surface area (Å²) in [6.45, 7) is 3.37. The Morgan fingerprint density at radius 2 is 1.86 bits per heavy atom. The molecule has 2 aromatic rings. The fraction of sp³-hybridized carbons (Fsp3) is 0.368. The molecule has 0 aliphatic carbocycles. The van der Waals surface area contributed by atoms with Crippen LogP contribution < -0.4 is 10.1 Å². The molecule has 0 radical (unpaired) electrons. The Morgan fingerprint density at radius 1 is 1.10 bits per heavy atom. The zero-order valence-corrected chi connectivity index (χ0v) is 12.9. The second-order valence-electron chi connectivity index (χ2n) is 5.66. The van der Waals surface area contributed by atoms with Crippen LogP contribution in [0.25, 0.3) is 11.1 Å². The van der Waals surface area contributed by atoms with Crippen molar-refractivity contribution in [2.45, 2.75) is 32.2 Å². The molecule has 2 heteroatoms. The molecule has 110 valence electrons. The Labute approximate surface area is 127 Å². The lowest BCUT2D eigenvalue weighted by molar-refractivity contribution is 0.415. The van der Waals surface area contributed by atoms with E-state index in [9.17, 15) is 0 Å². The zero-order chi connectivity index (χ0) is 14.7. The molecule has 1 aliphatic heterocycles. The van der Waals surface area contributed by atoms with Crippen molar-refractivity contribution in [3.05, 3.63) is 53.6 Å². The van der Waals surface area contributed by atoms with E-state index in [1.165, 1.54) is 35.1 Å². The molecule has 21 heavy (non-hydrogen) atoms. The number of ether oxygens (including phenoxy) is 1. The van der Waals surface area contributed by atoms with Crippen LogP contribution in [0.15, 0.2) is 42.5 Å². The minimum absolute atomic E-state index is 0.487. The van der Waals surface area contributed by atoms with Crippen molar-refractivity contribution >= 4 is 0 Å². The minimum atomic E-state index is 0.487. The molecule has 0 aromatic heterocycles. The van der Waals surface area contributed by atoms with Gasteiger partial charge >= 0.3 is 0 Å². The molecule has 0 bridgehead atoms. The monoisotopic (exact) mass is 281 g/mol. The van der Waals surface area contributed by atoms with Crippen LogP contribution in [-0.4, -0.2) is 13.7 Å². The Balaban J connectivity index is 1.98. The van der Waals surface area contributed by atoms with Crippen LogP contribution in [0.2, 0.25) is 0 Å². The molecule has 3 rings (SSSR count). The van der Waals surface area contributed by atoms with E-state index >= 15 is 0 Å². The lowest BCUT2D eigenvalue weighted by Gasteiger charge is -2.18. The molecule has 2 aromatic carbocycles. The van der Waals surface area contributed by atoms with Crippen LogP contribution >= 0.6 is 0 Å². The van der Waals surface area contributed by atoms with Crippen molar-refractivity contribution in [2.24, 2.45) is 0 Å². The molecule has 0 unspecified atom stereocenters. The Hall–Kier alpha value is -1.80. The van der Waals surface area contributed by atoms with E-state index in [0.29, 0.717) is 6.04 Å². The summed E-state index contributed by atoms with van der Waals surface area (Å²) < 4.78 is 5.24. The Bertz CT molecular complexity index is 603. The van der Waals surface area contributed by atoms with E-state index in [1.54, 1.807) is 7.11 Å². The number of aryl methyl sites for hydroxylation is 1. The first kappa shape index (κ1) is 14.2. The van der Waals surface area contributed by atoms with Crippen molar-refractivity contribution in [1.82, 2.24) is 5.32 Å². The summed E-state index contributed by atoms with van der Waals surface area (Å²) in [5, 5.41) is 3.66. The predicted octanol–water partition coefficient (Wildman–Crippen LogP) is 4.35. The third-order valence-electron chi connectivity index (χ3n) is 4.37. The predicted molar refractivity (Wildman–Crippen MR) is 87.8 cm³/mol. The highest BCUT2D eigenvalue weighted by Crippen LogP contribution is 2.30. The smallest absolute Gasteiger partial charge is 0.118 e. The molecule has 0 saturated heterocycles. The van der Waals surface area contributed by atoms with Crippen molar-refractivity contribution < 1.29 is 4.74 Å². The van der Waals surface area contributed by atoms with E-state index in [1.807, 2.05) is 12.1 Å². The number of fused-ring (bicyclic) bond motifs is 1. The second-order valence-corrected chi connectivity index (χ2v) is 5.66. The van der Waals surface area contributed by atoms with Gasteiger partial charge in [0.15, 0.2) is 0 Å². The summed E-state index contributed by atoms with van der Waals surface area (Å²) in [5.74, 6) is 0.904. The first-order valence-electron chi connectivity index (χ1n) is 7.82. The van der Waals surface area contributed by atoms with Crippen LogP contribution in [0.4, 0.5) is 0 Å². The van der Waals surface area contributed by atoms with Gasteiger partial charge in [-0.05, 0) is 66.3 Å². The van der Waals surface area contributed by atoms with E-state index in [2.05, 4.69) is 42.6 Å². The van der Waals surface area contributed by atoms with Crippen LogP contribution in [0.5, 0.6) is 5.75 Å². The number of hydrogen-bond donors (Lipinski definition) is 1. The van der Waals surface area contributed by atoms with E-state index in [4.69, 9.17) is 4.74 Å². The van der Waals surface area contributed by atoms with Gasteiger partial charge in [-0.1, -0.05) is 31.2 Å². The molecular weight excluding hydrogens is 258 g/mol. The standard InChI is InChI=1S/C19H23NO/c1-3-19-18-13-16(7-6-15(18)5-4-12-20-19)14-8-10-17(21-2)11-9-14/h6-11,13,19-20H,3-5,12H2,1-2H3/t19-/m0/s1. The minimum Gasteiger partial charge on any atom is -0.497 e. The molecule has 0 fully saturated rings. The third kappa shape index (κ3) is 2.96. The van der Waals surface area contributed by atoms with Gasteiger partial charge in [0.2, 0.25) is 0 Å². The van der Waals surface area contributed by atoms with Crippen LogP contribution in [0.3, 0.4) is 0 Å². The number of nitrogens with one attached hydrogen (secondary N) is 1. The van der Waals surface area contributed by atoms with Gasteiger partial charge in [0.05, 0.1) is 7.11 Å². The summed E-state index contributed by atoms with van der Waals surface area (Å²) in [6.07, 6.45) is 3.55. The highest BCUT2D eigenvalue weighted by atomic mass is 16.5. The van der Waals surface area contributed by atoms with Gasteiger partial charge in [-0.15, -0.1) is 0 Å². The summed E-state index contributed by atoms with van der Waals surface area (Å²) in [7, 11) is 1.70. The number of hydrogen-bond acceptors (Lipinski definition) is 2. The van der Waals surface area contributed by atoms with Crippen molar-refractivity contribution in [3.8, 4) is 16.9 Å². The quantitative estimate of drug-likeness (QED) is 0.903. The van der Waals surface area contributed by atoms with Gasteiger partial charge in [-0.25, -0.2) is 0 Å². The summed E-state index contributed by atoms with van der Waals surface area (Å²) in [5.41, 5.74) is 5.52. The van der Waals surface area contributed by atoms with Crippen molar-refractivity contribution in [2.75, 3.05) is 13.7 Å². The largest absolute Gasteiger partial charge is 0.497 e. The number of rotatable bonds is 3. The molecule has 0 amide bonds. The fourth-order valence-corrected chi connectivity index (χ4v) is 3.14. The maximum atomic E-state index is 5.24. The van der Waals surface area contributed by atoms with Gasteiger partial charge in [-0.3, -0.25) is 0 Å². The topological polar surface area (TPSA) is 21.3 Å². The maximum Gasteiger partial charge on any atom is 0.118 e. The van der Waals surface area contributed by atoms with E-state index in [0.717, 1.165) is 18.7 Å². The van der Waals surface area contributed by atoms with Gasteiger partial charge in [0.1, 0.15) is 5.75 Å². The fourth-order valence-electron chi connectivity index (χ4n) is 3.14. The summed E-state index contributed by atoms with van der Waals surface area (Å²) in [6, 6.07) is 15.7. The molecular formula is C19H23NO. The third-order valence-corrected chi connectivity index (χ3v) is 4.37. The maximum absolute atomic E-state index is 5.24. The molecule has 1 heterocycles. The van der Waals surface area contributed by atoms with Crippen molar-refractivity contribution in [3.63, 3.8) is 0 Å². The van der Waals surface area contributed by atoms with E-state index < -0.39 is 0 Å². The van der Waals surface area contributed by atoms with Crippen molar-refractivity contribution in [1.29, 1.82) is 0 Å². The average molecular weight is 281 g/mol. The first-order valence-corrected chi connectivity index (χ1v) is 7.82. The number of methoxy groups -OCH3 is 1. The molecule has 1 N–H and O–H groups in total. The summed E-state index contributed by atoms with van der Waals surface area (Å²) >= 11 is 0. The summed E-state index contributed by atoms with van der Waals surface area (Å²) in [4.78, 5) is 0. The SMILES string of the molecule is CC[C@@H]1NCCCc2ccc(-c3ccc(OC)cc3)cc21. The molecule has 0 saturated carbocycles. The average Bonchev–Trinajstić information content (AvgIpc) is 2.76. The zero-order valence-electron chi connectivity index (χ0n) is 12.9. The number of benzene rings is 2. The van der Waals surface area contributed by atoms with Gasteiger partial charge in [0, 0.05) is 6.04 Å². The Kier molecular flexibility index (Phi) is 4.26. The van der Waals surface area contributed by atoms with Crippen LogP contribution in [0, 0.1) is 0 Å². The van der Waals surface area contributed by atoms with Crippen LogP contribution in [0.1, 0.15) is 36.9 Å². The Morgan fingerprint density at radius 3 is 2.57 bits per heavy atom. The highest BCUT2D eigenvalue weighted by molar-refractivity contribution is 5.66. The lowest BCUT2D eigenvalue weighted by atomic mass is 9.93. The lowest BCUT2D eigenvalue weighted by Crippen LogP contribution is -2.20. The van der Waals surface area contributed by atoms with Gasteiger partial charge < -0.3 is 10.1 Å². The van der Waals surface area contributed by atoms with E-state index in [-0.39, 0.29) is 0 Å².